The Morgan fingerprint density at radius 3 is 2.10 bits per heavy atom. The molecule has 2 unspecified atom stereocenters. The van der Waals surface area contributed by atoms with Crippen LogP contribution in [-0.2, 0) is 0 Å². The molecule has 0 spiro atoms. The van der Waals surface area contributed by atoms with Gasteiger partial charge >= 0.3 is 0 Å². The lowest BCUT2D eigenvalue weighted by Gasteiger charge is -2.34. The average molecular weight is 286 g/mol. The maximum Gasteiger partial charge on any atom is 0.126 e. The van der Waals surface area contributed by atoms with Crippen LogP contribution in [0.25, 0.3) is 0 Å². The van der Waals surface area contributed by atoms with Gasteiger partial charge in [0.2, 0.25) is 0 Å². The van der Waals surface area contributed by atoms with E-state index in [0.717, 1.165) is 11.0 Å². The molecule has 2 saturated heterocycles. The van der Waals surface area contributed by atoms with Crippen molar-refractivity contribution in [2.45, 2.75) is 120 Å². The Hall–Kier alpha value is 0.130. The van der Waals surface area contributed by atoms with Gasteiger partial charge in [-0.1, -0.05) is 120 Å². The van der Waals surface area contributed by atoms with E-state index >= 15 is 0 Å². The zero-order valence-electron chi connectivity index (χ0n) is 14.6. The standard InChI is InChI=1S/C19H36B2/c1-18-13-9-5-6-10-14-19(21-18,16-15-18)20-17-11-7-3-2-4-8-12-17/h17,20-21H,2-16H2,1H3. The molecular formula is C19H36B2. The lowest BCUT2D eigenvalue weighted by Crippen LogP contribution is -2.30. The van der Waals surface area contributed by atoms with Gasteiger partial charge in [0, 0.05) is 0 Å². The van der Waals surface area contributed by atoms with Crippen molar-refractivity contribution in [3.8, 4) is 0 Å². The summed E-state index contributed by atoms with van der Waals surface area (Å²) in [4.78, 5) is 0. The van der Waals surface area contributed by atoms with E-state index in [1.54, 1.807) is 46.7 Å². The first-order valence-corrected chi connectivity index (χ1v) is 10.2. The van der Waals surface area contributed by atoms with Gasteiger partial charge in [-0.05, 0) is 0 Å². The molecule has 2 heteroatoms. The molecule has 21 heavy (non-hydrogen) atoms. The molecule has 0 aromatic heterocycles. The molecule has 3 fully saturated rings. The van der Waals surface area contributed by atoms with Crippen molar-refractivity contribution in [1.82, 2.24) is 0 Å². The van der Waals surface area contributed by atoms with Crippen molar-refractivity contribution < 1.29 is 0 Å². The third-order valence-electron chi connectivity index (χ3n) is 7.24. The monoisotopic (exact) mass is 286 g/mol. The van der Waals surface area contributed by atoms with Gasteiger partial charge in [-0.15, -0.1) is 0 Å². The van der Waals surface area contributed by atoms with Crippen LogP contribution in [0.1, 0.15) is 103 Å². The Balaban J connectivity index is 1.65. The van der Waals surface area contributed by atoms with Gasteiger partial charge in [-0.3, -0.25) is 0 Å². The van der Waals surface area contributed by atoms with Gasteiger partial charge in [-0.2, -0.15) is 0 Å². The first-order chi connectivity index (χ1) is 10.2. The minimum atomic E-state index is 0.714. The highest BCUT2D eigenvalue weighted by atomic mass is 14.3. The first kappa shape index (κ1) is 16.0. The molecule has 2 bridgehead atoms. The van der Waals surface area contributed by atoms with Crippen LogP contribution in [0, 0.1) is 0 Å². The highest BCUT2D eigenvalue weighted by Crippen LogP contribution is 2.58. The number of rotatable bonds is 2. The summed E-state index contributed by atoms with van der Waals surface area (Å²) in [7, 11) is 3.18. The molecule has 0 nitrogen and oxygen atoms in total. The molecular weight excluding hydrogens is 250 g/mol. The molecule has 2 heterocycles. The molecule has 0 amide bonds. The second-order valence-electron chi connectivity index (χ2n) is 9.32. The second-order valence-corrected chi connectivity index (χ2v) is 9.32. The normalized spacial score (nSPS) is 39.3. The Morgan fingerprint density at radius 2 is 1.33 bits per heavy atom. The van der Waals surface area contributed by atoms with Gasteiger partial charge in [0.05, 0.1) is 0 Å². The fraction of sp³-hybridized carbons (Fsp3) is 1.00. The van der Waals surface area contributed by atoms with E-state index in [1.165, 1.54) is 64.2 Å². The largest absolute Gasteiger partial charge is 0.126 e. The van der Waals surface area contributed by atoms with E-state index in [1.807, 2.05) is 0 Å². The van der Waals surface area contributed by atoms with E-state index in [0.29, 0.717) is 5.31 Å². The summed E-state index contributed by atoms with van der Waals surface area (Å²) in [6.07, 6.45) is 23.0. The van der Waals surface area contributed by atoms with Crippen molar-refractivity contribution >= 4 is 14.6 Å². The van der Waals surface area contributed by atoms with Gasteiger partial charge in [0.25, 0.3) is 0 Å². The lowest BCUT2D eigenvalue weighted by atomic mass is 9.26. The summed E-state index contributed by atoms with van der Waals surface area (Å²) in [6, 6.07) is 0. The van der Waals surface area contributed by atoms with Crippen LogP contribution in [0.2, 0.25) is 16.3 Å². The second kappa shape index (κ2) is 7.14. The van der Waals surface area contributed by atoms with Gasteiger partial charge in [0.1, 0.15) is 14.6 Å². The molecule has 2 aliphatic heterocycles. The molecule has 2 atom stereocenters. The van der Waals surface area contributed by atoms with Crippen LogP contribution in [0.4, 0.5) is 0 Å². The maximum absolute atomic E-state index is 2.62. The highest BCUT2D eigenvalue weighted by Gasteiger charge is 2.47. The Morgan fingerprint density at radius 1 is 0.714 bits per heavy atom. The zero-order chi connectivity index (χ0) is 14.6. The predicted octanol–water partition coefficient (Wildman–Crippen LogP) is 5.84. The topological polar surface area (TPSA) is 0 Å². The van der Waals surface area contributed by atoms with Crippen LogP contribution in [0.5, 0.6) is 0 Å². The van der Waals surface area contributed by atoms with Gasteiger partial charge in [0.15, 0.2) is 0 Å². The Bertz CT molecular complexity index is 322. The number of fused-ring (bicyclic) bond motifs is 2. The van der Waals surface area contributed by atoms with Gasteiger partial charge in [-0.25, -0.2) is 0 Å². The minimum absolute atomic E-state index is 0.714. The van der Waals surface area contributed by atoms with Crippen LogP contribution in [0.3, 0.4) is 0 Å². The summed E-state index contributed by atoms with van der Waals surface area (Å²) in [5, 5.41) is 1.48. The zero-order valence-corrected chi connectivity index (χ0v) is 14.6. The summed E-state index contributed by atoms with van der Waals surface area (Å²) in [5.41, 5.74) is 0. The molecule has 3 aliphatic rings. The van der Waals surface area contributed by atoms with E-state index in [4.69, 9.17) is 0 Å². The molecule has 0 aromatic rings. The molecule has 118 valence electrons. The summed E-state index contributed by atoms with van der Waals surface area (Å²) in [6.45, 7) is 2.62. The summed E-state index contributed by atoms with van der Waals surface area (Å²) in [5.74, 6) is 1.08. The van der Waals surface area contributed by atoms with Gasteiger partial charge < -0.3 is 0 Å². The van der Waals surface area contributed by atoms with E-state index in [2.05, 4.69) is 6.92 Å². The molecule has 0 radical (unpaired) electrons. The third-order valence-corrected chi connectivity index (χ3v) is 7.24. The molecule has 1 aliphatic carbocycles. The van der Waals surface area contributed by atoms with E-state index in [-0.39, 0.29) is 0 Å². The predicted molar refractivity (Wildman–Crippen MR) is 98.4 cm³/mol. The smallest absolute Gasteiger partial charge is 0.0767 e. The van der Waals surface area contributed by atoms with Crippen molar-refractivity contribution in [3.63, 3.8) is 0 Å². The van der Waals surface area contributed by atoms with Crippen LogP contribution < -0.4 is 0 Å². The Kier molecular flexibility index (Phi) is 5.44. The Labute approximate surface area is 134 Å². The third kappa shape index (κ3) is 4.32. The van der Waals surface area contributed by atoms with Crippen molar-refractivity contribution in [2.75, 3.05) is 0 Å². The maximum atomic E-state index is 2.62. The van der Waals surface area contributed by atoms with Crippen molar-refractivity contribution in [1.29, 1.82) is 0 Å². The SMILES string of the molecule is CC12BC(BC3CCCCCCC3)(CCCCCC1)CC2. The van der Waals surface area contributed by atoms with Crippen molar-refractivity contribution in [2.24, 2.45) is 0 Å². The highest BCUT2D eigenvalue weighted by molar-refractivity contribution is 6.65. The fourth-order valence-electron chi connectivity index (χ4n) is 6.11. The van der Waals surface area contributed by atoms with E-state index < -0.39 is 0 Å². The average Bonchev–Trinajstić information content (AvgIpc) is 2.78. The van der Waals surface area contributed by atoms with E-state index in [9.17, 15) is 0 Å². The molecule has 3 rings (SSSR count). The lowest BCUT2D eigenvalue weighted by molar-refractivity contribution is 0.453. The molecule has 1 saturated carbocycles. The number of hydrogen-bond donors (Lipinski definition) is 0. The fourth-order valence-corrected chi connectivity index (χ4v) is 6.11. The summed E-state index contributed by atoms with van der Waals surface area (Å²) >= 11 is 0. The molecule has 0 aromatic carbocycles. The van der Waals surface area contributed by atoms with Crippen LogP contribution >= 0.6 is 0 Å². The van der Waals surface area contributed by atoms with Crippen molar-refractivity contribution in [3.05, 3.63) is 0 Å². The molecule has 0 N–H and O–H groups in total. The van der Waals surface area contributed by atoms with Crippen LogP contribution in [0.15, 0.2) is 0 Å². The minimum Gasteiger partial charge on any atom is -0.0767 e. The summed E-state index contributed by atoms with van der Waals surface area (Å²) < 4.78 is 0. The van der Waals surface area contributed by atoms with Crippen LogP contribution in [-0.4, -0.2) is 14.6 Å². The number of hydrogen-bond acceptors (Lipinski definition) is 0. The quantitative estimate of drug-likeness (QED) is 0.560. The first-order valence-electron chi connectivity index (χ1n) is 10.2.